The zero-order valence-corrected chi connectivity index (χ0v) is 13.1. The van der Waals surface area contributed by atoms with Crippen LogP contribution >= 0.6 is 0 Å². The van der Waals surface area contributed by atoms with Crippen LogP contribution in [0.15, 0.2) is 0 Å². The van der Waals surface area contributed by atoms with Crippen molar-refractivity contribution in [3.63, 3.8) is 0 Å². The van der Waals surface area contributed by atoms with E-state index in [2.05, 4.69) is 36.3 Å². The highest BCUT2D eigenvalue weighted by Crippen LogP contribution is 2.23. The number of nitrogens with zero attached hydrogens (tertiary/aromatic N) is 1. The molecule has 1 rings (SSSR count). The fourth-order valence-electron chi connectivity index (χ4n) is 2.68. The van der Waals surface area contributed by atoms with Crippen molar-refractivity contribution in [1.29, 1.82) is 0 Å². The lowest BCUT2D eigenvalue weighted by atomic mass is 9.93. The van der Waals surface area contributed by atoms with Gasteiger partial charge in [0.25, 0.3) is 0 Å². The molecule has 0 aromatic carbocycles. The van der Waals surface area contributed by atoms with Crippen molar-refractivity contribution in [2.75, 3.05) is 33.2 Å². The minimum absolute atomic E-state index is 0.0628. The van der Waals surface area contributed by atoms with Crippen LogP contribution in [0.2, 0.25) is 0 Å². The maximum absolute atomic E-state index is 11.8. The third-order valence-corrected chi connectivity index (χ3v) is 4.06. The molecule has 0 bridgehead atoms. The summed E-state index contributed by atoms with van der Waals surface area (Å²) in [5.41, 5.74) is 0.0628. The first-order valence-electron chi connectivity index (χ1n) is 7.62. The molecule has 0 saturated carbocycles. The first kappa shape index (κ1) is 16.4. The van der Waals surface area contributed by atoms with Gasteiger partial charge in [-0.2, -0.15) is 0 Å². The first-order chi connectivity index (χ1) is 8.95. The molecule has 112 valence electrons. The molecule has 1 amide bonds. The van der Waals surface area contributed by atoms with Crippen LogP contribution in [0.3, 0.4) is 0 Å². The van der Waals surface area contributed by atoms with E-state index in [1.807, 2.05) is 7.05 Å². The van der Waals surface area contributed by atoms with Crippen molar-refractivity contribution < 1.29 is 4.79 Å². The summed E-state index contributed by atoms with van der Waals surface area (Å²) in [6.07, 6.45) is 4.14. The number of likely N-dealkylation sites (tertiary alicyclic amines) is 1. The predicted octanol–water partition coefficient (Wildman–Crippen LogP) is 1.61. The Morgan fingerprint density at radius 3 is 2.79 bits per heavy atom. The van der Waals surface area contributed by atoms with Gasteiger partial charge < -0.3 is 10.6 Å². The molecule has 0 spiro atoms. The normalized spacial score (nSPS) is 21.4. The summed E-state index contributed by atoms with van der Waals surface area (Å²) < 4.78 is 0. The third kappa shape index (κ3) is 5.91. The minimum atomic E-state index is 0.0628. The second-order valence-corrected chi connectivity index (χ2v) is 6.49. The van der Waals surface area contributed by atoms with Crippen LogP contribution in [-0.2, 0) is 4.79 Å². The number of hydrogen-bond donors (Lipinski definition) is 2. The van der Waals surface area contributed by atoms with Crippen LogP contribution < -0.4 is 10.6 Å². The zero-order valence-electron chi connectivity index (χ0n) is 13.1. The summed E-state index contributed by atoms with van der Waals surface area (Å²) >= 11 is 0. The predicted molar refractivity (Wildman–Crippen MR) is 80.2 cm³/mol. The first-order valence-corrected chi connectivity index (χ1v) is 7.62. The van der Waals surface area contributed by atoms with Gasteiger partial charge in [0.2, 0.25) is 5.91 Å². The number of carbonyl (C=O) groups is 1. The average Bonchev–Trinajstić information content (AvgIpc) is 2.37. The van der Waals surface area contributed by atoms with E-state index in [0.29, 0.717) is 6.42 Å². The number of amides is 1. The largest absolute Gasteiger partial charge is 0.354 e. The molecular weight excluding hydrogens is 238 g/mol. The Bertz CT molecular complexity index is 279. The Kier molecular flexibility index (Phi) is 6.80. The molecule has 0 radical (unpaired) electrons. The molecule has 4 nitrogen and oxygen atoms in total. The monoisotopic (exact) mass is 269 g/mol. The van der Waals surface area contributed by atoms with E-state index in [9.17, 15) is 4.79 Å². The number of carbonyl (C=O) groups excluding carboxylic acids is 1. The van der Waals surface area contributed by atoms with Crippen molar-refractivity contribution in [3.8, 4) is 0 Å². The van der Waals surface area contributed by atoms with Crippen LogP contribution in [0.5, 0.6) is 0 Å². The molecular formula is C15H31N3O. The molecule has 1 heterocycles. The third-order valence-electron chi connectivity index (χ3n) is 4.06. The SMILES string of the molecule is CNCCCC(=O)NCC(C)(C)N1CCCC(C)C1. The molecule has 0 aliphatic carbocycles. The highest BCUT2D eigenvalue weighted by molar-refractivity contribution is 5.75. The van der Waals surface area contributed by atoms with E-state index in [1.54, 1.807) is 0 Å². The molecule has 4 heteroatoms. The van der Waals surface area contributed by atoms with Crippen molar-refractivity contribution in [2.24, 2.45) is 5.92 Å². The van der Waals surface area contributed by atoms with Crippen molar-refractivity contribution in [1.82, 2.24) is 15.5 Å². The maximum Gasteiger partial charge on any atom is 0.220 e. The molecule has 0 aromatic rings. The lowest BCUT2D eigenvalue weighted by molar-refractivity contribution is -0.121. The van der Waals surface area contributed by atoms with Gasteiger partial charge in [0.15, 0.2) is 0 Å². The molecule has 1 atom stereocenters. The highest BCUT2D eigenvalue weighted by atomic mass is 16.1. The Balaban J connectivity index is 2.31. The maximum atomic E-state index is 11.8. The summed E-state index contributed by atoms with van der Waals surface area (Å²) in [6.45, 7) is 10.8. The average molecular weight is 269 g/mol. The molecule has 0 aromatic heterocycles. The Labute approximate surface area is 118 Å². The Morgan fingerprint density at radius 2 is 2.16 bits per heavy atom. The second kappa shape index (κ2) is 7.85. The lowest BCUT2D eigenvalue weighted by Gasteiger charge is -2.43. The summed E-state index contributed by atoms with van der Waals surface area (Å²) in [4.78, 5) is 14.3. The second-order valence-electron chi connectivity index (χ2n) is 6.49. The lowest BCUT2D eigenvalue weighted by Crippen LogP contribution is -2.54. The van der Waals surface area contributed by atoms with E-state index >= 15 is 0 Å². The Morgan fingerprint density at radius 1 is 1.42 bits per heavy atom. The zero-order chi connectivity index (χ0) is 14.3. The number of rotatable bonds is 7. The van der Waals surface area contributed by atoms with Crippen molar-refractivity contribution in [3.05, 3.63) is 0 Å². The minimum Gasteiger partial charge on any atom is -0.354 e. The topological polar surface area (TPSA) is 44.4 Å². The quantitative estimate of drug-likeness (QED) is 0.690. The molecule has 19 heavy (non-hydrogen) atoms. The van der Waals surface area contributed by atoms with Gasteiger partial charge >= 0.3 is 0 Å². The van der Waals surface area contributed by atoms with E-state index in [-0.39, 0.29) is 11.4 Å². The summed E-state index contributed by atoms with van der Waals surface area (Å²) in [6, 6.07) is 0. The molecule has 1 saturated heterocycles. The molecule has 1 fully saturated rings. The number of piperidine rings is 1. The van der Waals surface area contributed by atoms with Gasteiger partial charge in [-0.25, -0.2) is 0 Å². The van der Waals surface area contributed by atoms with Gasteiger partial charge in [0.05, 0.1) is 0 Å². The fourth-order valence-corrected chi connectivity index (χ4v) is 2.68. The van der Waals surface area contributed by atoms with Gasteiger partial charge in [-0.1, -0.05) is 6.92 Å². The molecule has 1 aliphatic heterocycles. The van der Waals surface area contributed by atoms with Crippen LogP contribution in [-0.4, -0.2) is 49.6 Å². The van der Waals surface area contributed by atoms with Gasteiger partial charge in [0.1, 0.15) is 0 Å². The smallest absolute Gasteiger partial charge is 0.220 e. The molecule has 1 aliphatic rings. The van der Waals surface area contributed by atoms with Crippen molar-refractivity contribution in [2.45, 2.75) is 52.0 Å². The molecule has 2 N–H and O–H groups in total. The molecule has 1 unspecified atom stereocenters. The standard InChI is InChI=1S/C15H31N3O/c1-13-7-6-10-18(11-13)15(2,3)12-17-14(19)8-5-9-16-4/h13,16H,5-12H2,1-4H3,(H,17,19). The van der Waals surface area contributed by atoms with Crippen LogP contribution in [0.4, 0.5) is 0 Å². The number of nitrogens with one attached hydrogen (secondary N) is 2. The van der Waals surface area contributed by atoms with Crippen molar-refractivity contribution >= 4 is 5.91 Å². The number of hydrogen-bond acceptors (Lipinski definition) is 3. The van der Waals surface area contributed by atoms with E-state index in [0.717, 1.165) is 38.5 Å². The summed E-state index contributed by atoms with van der Waals surface area (Å²) in [5, 5.41) is 6.15. The van der Waals surface area contributed by atoms with Crippen LogP contribution in [0.1, 0.15) is 46.5 Å². The summed E-state index contributed by atoms with van der Waals surface area (Å²) in [7, 11) is 1.92. The van der Waals surface area contributed by atoms with Crippen LogP contribution in [0, 0.1) is 5.92 Å². The van der Waals surface area contributed by atoms with Crippen LogP contribution in [0.25, 0.3) is 0 Å². The van der Waals surface area contributed by atoms with Gasteiger partial charge in [-0.3, -0.25) is 9.69 Å². The fraction of sp³-hybridized carbons (Fsp3) is 0.933. The van der Waals surface area contributed by atoms with E-state index < -0.39 is 0 Å². The Hall–Kier alpha value is -0.610. The van der Waals surface area contributed by atoms with E-state index in [4.69, 9.17) is 0 Å². The van der Waals surface area contributed by atoms with Gasteiger partial charge in [0, 0.05) is 25.0 Å². The summed E-state index contributed by atoms with van der Waals surface area (Å²) in [5.74, 6) is 0.952. The van der Waals surface area contributed by atoms with Gasteiger partial charge in [-0.15, -0.1) is 0 Å². The van der Waals surface area contributed by atoms with Gasteiger partial charge in [-0.05, 0) is 59.2 Å². The van der Waals surface area contributed by atoms with E-state index in [1.165, 1.54) is 12.8 Å². The highest BCUT2D eigenvalue weighted by Gasteiger charge is 2.30.